The van der Waals surface area contributed by atoms with E-state index >= 15 is 0 Å². The van der Waals surface area contributed by atoms with Gasteiger partial charge >= 0.3 is 0 Å². The lowest BCUT2D eigenvalue weighted by molar-refractivity contribution is 0.607. The van der Waals surface area contributed by atoms with Crippen LogP contribution in [0.2, 0.25) is 0 Å². The molecular weight excluding hydrogens is 228 g/mol. The Kier molecular flexibility index (Phi) is 2.87. The van der Waals surface area contributed by atoms with Gasteiger partial charge in [-0.05, 0) is 56.1 Å². The van der Waals surface area contributed by atoms with Crippen LogP contribution in [0.25, 0.3) is 0 Å². The maximum atomic E-state index is 5.85. The molecule has 1 atom stereocenters. The van der Waals surface area contributed by atoms with Gasteiger partial charge in [-0.2, -0.15) is 0 Å². The third-order valence-electron chi connectivity index (χ3n) is 4.03. The van der Waals surface area contributed by atoms with E-state index in [9.17, 15) is 0 Å². The van der Waals surface area contributed by atoms with Crippen LogP contribution in [0, 0.1) is 0 Å². The van der Waals surface area contributed by atoms with E-state index in [1.807, 2.05) is 0 Å². The molecule has 0 aromatic carbocycles. The van der Waals surface area contributed by atoms with Crippen molar-refractivity contribution in [1.82, 2.24) is 4.98 Å². The summed E-state index contributed by atoms with van der Waals surface area (Å²) < 4.78 is 0. The van der Waals surface area contributed by atoms with E-state index in [0.717, 1.165) is 19.3 Å². The Bertz CT molecular complexity index is 468. The van der Waals surface area contributed by atoms with Crippen LogP contribution in [0.5, 0.6) is 0 Å². The summed E-state index contributed by atoms with van der Waals surface area (Å²) in [5, 5.41) is 0. The molecule has 1 aromatic heterocycles. The minimum atomic E-state index is 0.223. The number of nitrogens with two attached hydrogens (primary N) is 1. The monoisotopic (exact) mass is 246 g/mol. The standard InChI is InChI=1S/C14H18N2S/c15-14(17)11-6-3-5-10-8-9-4-1-2-7-12(9)16-13(10)11/h8,11H,1-7H2,(H2,15,17)/t11-/m1/s1. The Morgan fingerprint density at radius 1 is 1.18 bits per heavy atom. The highest BCUT2D eigenvalue weighted by molar-refractivity contribution is 7.80. The van der Waals surface area contributed by atoms with E-state index in [1.54, 1.807) is 0 Å². The molecule has 0 amide bonds. The molecule has 2 N–H and O–H groups in total. The molecule has 0 radical (unpaired) electrons. The first-order valence-electron chi connectivity index (χ1n) is 6.56. The van der Waals surface area contributed by atoms with Gasteiger partial charge in [0, 0.05) is 5.69 Å². The highest BCUT2D eigenvalue weighted by Gasteiger charge is 2.26. The van der Waals surface area contributed by atoms with Crippen LogP contribution in [0.4, 0.5) is 0 Å². The third kappa shape index (κ3) is 1.97. The first kappa shape index (κ1) is 11.1. The molecule has 1 aromatic rings. The average molecular weight is 246 g/mol. The van der Waals surface area contributed by atoms with Gasteiger partial charge in [0.05, 0.1) is 16.6 Å². The molecule has 0 aliphatic heterocycles. The largest absolute Gasteiger partial charge is 0.393 e. The van der Waals surface area contributed by atoms with Crippen LogP contribution in [0.1, 0.15) is 54.1 Å². The van der Waals surface area contributed by atoms with E-state index in [0.29, 0.717) is 4.99 Å². The van der Waals surface area contributed by atoms with Gasteiger partial charge in [-0.3, -0.25) is 4.98 Å². The molecule has 0 saturated heterocycles. The maximum absolute atomic E-state index is 5.85. The molecule has 0 fully saturated rings. The van der Waals surface area contributed by atoms with Crippen LogP contribution < -0.4 is 5.73 Å². The molecule has 1 heterocycles. The molecule has 2 aliphatic carbocycles. The maximum Gasteiger partial charge on any atom is 0.0819 e. The fraction of sp³-hybridized carbons (Fsp3) is 0.571. The van der Waals surface area contributed by atoms with Crippen LogP contribution in [0.15, 0.2) is 6.07 Å². The minimum Gasteiger partial charge on any atom is -0.393 e. The zero-order valence-electron chi connectivity index (χ0n) is 10.0. The molecule has 3 heteroatoms. The van der Waals surface area contributed by atoms with Gasteiger partial charge in [-0.25, -0.2) is 0 Å². The van der Waals surface area contributed by atoms with E-state index in [2.05, 4.69) is 6.07 Å². The molecule has 90 valence electrons. The van der Waals surface area contributed by atoms with Gasteiger partial charge in [0.25, 0.3) is 0 Å². The van der Waals surface area contributed by atoms with Crippen LogP contribution in [-0.2, 0) is 19.3 Å². The summed E-state index contributed by atoms with van der Waals surface area (Å²) in [4.78, 5) is 5.51. The van der Waals surface area contributed by atoms with Crippen molar-refractivity contribution in [3.63, 3.8) is 0 Å². The summed E-state index contributed by atoms with van der Waals surface area (Å²) in [6.45, 7) is 0. The predicted molar refractivity (Wildman–Crippen MR) is 73.3 cm³/mol. The number of thiocarbonyl (C=S) groups is 1. The third-order valence-corrected chi connectivity index (χ3v) is 4.31. The average Bonchev–Trinajstić information content (AvgIpc) is 2.35. The normalized spacial score (nSPS) is 22.7. The van der Waals surface area contributed by atoms with Crippen LogP contribution in [-0.4, -0.2) is 9.97 Å². The van der Waals surface area contributed by atoms with Gasteiger partial charge in [0.2, 0.25) is 0 Å². The molecule has 17 heavy (non-hydrogen) atoms. The summed E-state index contributed by atoms with van der Waals surface area (Å²) in [7, 11) is 0. The lowest BCUT2D eigenvalue weighted by Gasteiger charge is -2.26. The Balaban J connectivity index is 2.07. The van der Waals surface area contributed by atoms with Gasteiger partial charge in [-0.15, -0.1) is 0 Å². The summed E-state index contributed by atoms with van der Waals surface area (Å²) in [5.74, 6) is 0.223. The van der Waals surface area contributed by atoms with Crippen molar-refractivity contribution in [3.05, 3.63) is 28.6 Å². The second kappa shape index (κ2) is 4.37. The highest BCUT2D eigenvalue weighted by Crippen LogP contribution is 2.33. The number of rotatable bonds is 1. The number of aryl methyl sites for hydroxylation is 3. The zero-order chi connectivity index (χ0) is 11.8. The van der Waals surface area contributed by atoms with Gasteiger partial charge in [0.15, 0.2) is 0 Å². The van der Waals surface area contributed by atoms with Crippen molar-refractivity contribution in [1.29, 1.82) is 0 Å². The lowest BCUT2D eigenvalue weighted by atomic mass is 9.84. The SMILES string of the molecule is NC(=S)[C@@H]1CCCc2cc3c(nc21)CCCC3. The number of pyridine rings is 1. The second-order valence-corrected chi connectivity index (χ2v) is 5.66. The summed E-state index contributed by atoms with van der Waals surface area (Å²) in [6, 6.07) is 2.38. The van der Waals surface area contributed by atoms with Crippen molar-refractivity contribution in [2.45, 2.75) is 50.9 Å². The number of hydrogen-bond acceptors (Lipinski definition) is 2. The molecule has 2 aliphatic rings. The molecule has 0 saturated carbocycles. The Morgan fingerprint density at radius 2 is 1.94 bits per heavy atom. The Morgan fingerprint density at radius 3 is 2.76 bits per heavy atom. The highest BCUT2D eigenvalue weighted by atomic mass is 32.1. The van der Waals surface area contributed by atoms with Gasteiger partial charge in [0.1, 0.15) is 0 Å². The summed E-state index contributed by atoms with van der Waals surface area (Å²) >= 11 is 5.18. The smallest absolute Gasteiger partial charge is 0.0819 e. The molecule has 0 spiro atoms. The fourth-order valence-corrected chi connectivity index (χ4v) is 3.34. The predicted octanol–water partition coefficient (Wildman–Crippen LogP) is 2.67. The van der Waals surface area contributed by atoms with Crippen molar-refractivity contribution in [2.24, 2.45) is 5.73 Å². The van der Waals surface area contributed by atoms with Gasteiger partial charge in [-0.1, -0.05) is 18.3 Å². The van der Waals surface area contributed by atoms with E-state index in [4.69, 9.17) is 22.9 Å². The Labute approximate surface area is 108 Å². The van der Waals surface area contributed by atoms with Crippen molar-refractivity contribution in [2.75, 3.05) is 0 Å². The molecule has 2 nitrogen and oxygen atoms in total. The van der Waals surface area contributed by atoms with Crippen molar-refractivity contribution in [3.8, 4) is 0 Å². The molecule has 0 unspecified atom stereocenters. The summed E-state index contributed by atoms with van der Waals surface area (Å²) in [6.07, 6.45) is 8.33. The van der Waals surface area contributed by atoms with Crippen molar-refractivity contribution < 1.29 is 0 Å². The quantitative estimate of drug-likeness (QED) is 0.774. The number of hydrogen-bond donors (Lipinski definition) is 1. The van der Waals surface area contributed by atoms with Crippen molar-refractivity contribution >= 4 is 17.2 Å². The van der Waals surface area contributed by atoms with Crippen LogP contribution in [0.3, 0.4) is 0 Å². The van der Waals surface area contributed by atoms with E-state index in [1.165, 1.54) is 48.2 Å². The lowest BCUT2D eigenvalue weighted by Crippen LogP contribution is -2.25. The topological polar surface area (TPSA) is 38.9 Å². The molecule has 3 rings (SSSR count). The number of nitrogens with zero attached hydrogens (tertiary/aromatic N) is 1. The molecule has 0 bridgehead atoms. The second-order valence-electron chi connectivity index (χ2n) is 5.19. The summed E-state index contributed by atoms with van der Waals surface area (Å²) in [5.41, 5.74) is 11.2. The first-order chi connectivity index (χ1) is 8.25. The fourth-order valence-electron chi connectivity index (χ4n) is 3.11. The van der Waals surface area contributed by atoms with Crippen LogP contribution >= 0.6 is 12.2 Å². The number of aromatic nitrogens is 1. The minimum absolute atomic E-state index is 0.223. The van der Waals surface area contributed by atoms with E-state index in [-0.39, 0.29) is 5.92 Å². The zero-order valence-corrected chi connectivity index (χ0v) is 10.9. The molecular formula is C14H18N2S. The van der Waals surface area contributed by atoms with E-state index < -0.39 is 0 Å². The van der Waals surface area contributed by atoms with Gasteiger partial charge < -0.3 is 5.73 Å². The Hall–Kier alpha value is -0.960. The first-order valence-corrected chi connectivity index (χ1v) is 6.97. The number of fused-ring (bicyclic) bond motifs is 2.